The number of carbonyl (C=O) groups excluding carboxylic acids is 3. The average Bonchev–Trinajstić information content (AvgIpc) is 3.71. The molecule has 0 aliphatic carbocycles. The van der Waals surface area contributed by atoms with Gasteiger partial charge in [0.1, 0.15) is 11.5 Å². The number of methoxy groups -OCH3 is 2. The summed E-state index contributed by atoms with van der Waals surface area (Å²) in [5.74, 6) is -4.51. The van der Waals surface area contributed by atoms with Gasteiger partial charge in [-0.25, -0.2) is 19.6 Å². The second-order valence-electron chi connectivity index (χ2n) is 9.58. The minimum Gasteiger partial charge on any atom is -0.497 e. The summed E-state index contributed by atoms with van der Waals surface area (Å²) in [4.78, 5) is 53.1. The van der Waals surface area contributed by atoms with Crippen LogP contribution in [0, 0.1) is 0 Å². The Morgan fingerprint density at radius 2 is 1.16 bits per heavy atom. The SMILES string of the molecule is CCOC(=O)c1cnc(NC(=O)Cc2ccc(OC)cc2C(F)(F)F)o1.COc1ccc(CC(=O)Nc2ncc(C(=O)O)o2)c(C(F)(F)F)c1. The topological polar surface area (TPSA) is 192 Å². The van der Waals surface area contributed by atoms with Crippen LogP contribution in [0.4, 0.5) is 38.4 Å². The molecule has 0 saturated carbocycles. The maximum absolute atomic E-state index is 13.1. The maximum Gasteiger partial charge on any atom is 0.416 e. The summed E-state index contributed by atoms with van der Waals surface area (Å²) in [6.45, 7) is 1.73. The molecule has 0 bridgehead atoms. The molecule has 4 aromatic rings. The Bertz CT molecular complexity index is 1830. The predicted molar refractivity (Wildman–Crippen MR) is 157 cm³/mol. The van der Waals surface area contributed by atoms with Gasteiger partial charge in [0.15, 0.2) is 0 Å². The lowest BCUT2D eigenvalue weighted by Crippen LogP contribution is -2.18. The lowest BCUT2D eigenvalue weighted by molar-refractivity contribution is -0.139. The molecule has 0 atom stereocenters. The number of carbonyl (C=O) groups is 4. The number of amides is 2. The maximum atomic E-state index is 13.1. The Hall–Kier alpha value is -6.08. The zero-order valence-electron chi connectivity index (χ0n) is 26.0. The first kappa shape index (κ1) is 38.4. The van der Waals surface area contributed by atoms with Crippen LogP contribution in [0.15, 0.2) is 57.6 Å². The predicted octanol–water partition coefficient (Wildman–Crippen LogP) is 5.64. The van der Waals surface area contributed by atoms with Gasteiger partial charge in [0.2, 0.25) is 23.3 Å². The molecular weight excluding hydrogens is 690 g/mol. The highest BCUT2D eigenvalue weighted by molar-refractivity contribution is 5.92. The summed E-state index contributed by atoms with van der Waals surface area (Å²) >= 11 is 0. The highest BCUT2D eigenvalue weighted by Crippen LogP contribution is 2.36. The molecule has 0 unspecified atom stereocenters. The van der Waals surface area contributed by atoms with E-state index in [2.05, 4.69) is 20.6 Å². The zero-order chi connectivity index (χ0) is 37.2. The summed E-state index contributed by atoms with van der Waals surface area (Å²) in [5, 5.41) is 12.9. The van der Waals surface area contributed by atoms with Crippen molar-refractivity contribution in [3.05, 3.63) is 82.6 Å². The van der Waals surface area contributed by atoms with E-state index in [-0.39, 0.29) is 41.0 Å². The van der Waals surface area contributed by atoms with E-state index in [1.807, 2.05) is 0 Å². The van der Waals surface area contributed by atoms with Gasteiger partial charge in [-0.15, -0.1) is 0 Å². The Labute approximate surface area is 277 Å². The van der Waals surface area contributed by atoms with Crippen molar-refractivity contribution in [1.82, 2.24) is 9.97 Å². The molecule has 2 heterocycles. The number of oxazole rings is 2. The fraction of sp³-hybridized carbons (Fsp3) is 0.267. The smallest absolute Gasteiger partial charge is 0.416 e. The number of hydrogen-bond donors (Lipinski definition) is 3. The molecule has 0 saturated heterocycles. The van der Waals surface area contributed by atoms with Crippen LogP contribution in [0.2, 0.25) is 0 Å². The highest BCUT2D eigenvalue weighted by atomic mass is 19.4. The van der Waals surface area contributed by atoms with Crippen molar-refractivity contribution in [2.75, 3.05) is 31.5 Å². The molecule has 20 heteroatoms. The van der Waals surface area contributed by atoms with E-state index in [9.17, 15) is 45.5 Å². The third-order valence-corrected chi connectivity index (χ3v) is 6.14. The summed E-state index contributed by atoms with van der Waals surface area (Å²) in [6, 6.07) is 5.76. The zero-order valence-corrected chi connectivity index (χ0v) is 26.0. The van der Waals surface area contributed by atoms with Gasteiger partial charge in [0.25, 0.3) is 0 Å². The normalized spacial score (nSPS) is 11.1. The Morgan fingerprint density at radius 3 is 1.52 bits per heavy atom. The number of rotatable bonds is 11. The Balaban J connectivity index is 0.000000271. The summed E-state index contributed by atoms with van der Waals surface area (Å²) in [7, 11) is 2.47. The fourth-order valence-electron chi connectivity index (χ4n) is 3.93. The first-order valence-corrected chi connectivity index (χ1v) is 13.8. The van der Waals surface area contributed by atoms with Crippen molar-refractivity contribution in [3.63, 3.8) is 0 Å². The largest absolute Gasteiger partial charge is 0.497 e. The molecular formula is C30H26F6N4O10. The molecule has 0 spiro atoms. The van der Waals surface area contributed by atoms with Gasteiger partial charge in [-0.1, -0.05) is 12.1 Å². The number of hydrogen-bond acceptors (Lipinski definition) is 11. The first-order chi connectivity index (χ1) is 23.4. The summed E-state index contributed by atoms with van der Waals surface area (Å²) in [6.07, 6.45) is -8.58. The van der Waals surface area contributed by atoms with Crippen LogP contribution in [-0.2, 0) is 39.5 Å². The monoisotopic (exact) mass is 716 g/mol. The number of aromatic nitrogens is 2. The van der Waals surface area contributed by atoms with Crippen molar-refractivity contribution in [1.29, 1.82) is 0 Å². The number of anilines is 2. The number of carboxylic acid groups (broad SMARTS) is 1. The Morgan fingerprint density at radius 1 is 0.740 bits per heavy atom. The molecule has 2 amide bonds. The molecule has 3 N–H and O–H groups in total. The van der Waals surface area contributed by atoms with Crippen molar-refractivity contribution in [2.24, 2.45) is 0 Å². The third kappa shape index (κ3) is 10.7. The third-order valence-electron chi connectivity index (χ3n) is 6.14. The van der Waals surface area contributed by atoms with Gasteiger partial charge in [0, 0.05) is 0 Å². The lowest BCUT2D eigenvalue weighted by atomic mass is 10.0. The van der Waals surface area contributed by atoms with E-state index in [1.54, 1.807) is 6.92 Å². The van der Waals surface area contributed by atoms with Crippen LogP contribution in [0.25, 0.3) is 0 Å². The van der Waals surface area contributed by atoms with Crippen LogP contribution >= 0.6 is 0 Å². The number of nitrogens with one attached hydrogen (secondary N) is 2. The summed E-state index contributed by atoms with van der Waals surface area (Å²) < 4.78 is 102. The first-order valence-electron chi connectivity index (χ1n) is 13.8. The standard InChI is InChI=1S/C16H15F3N2O5.C14H11F3N2O5/c1-3-25-14(23)12-8-20-15(26-12)21-13(22)6-9-4-5-10(24-2)7-11(9)16(17,18)19;1-23-8-3-2-7(9(5-8)14(15,16)17)4-11(20)19-13-18-6-10(24-13)12(21)22/h4-5,7-8H,3,6H2,1-2H3,(H,20,21,22);2-3,5-6H,4H2,1H3,(H,21,22)(H,18,19,20). The molecule has 2 aromatic heterocycles. The van der Waals surface area contributed by atoms with Gasteiger partial charge < -0.3 is 28.2 Å². The molecule has 0 radical (unpaired) electrons. The van der Waals surface area contributed by atoms with Gasteiger partial charge in [0.05, 0.1) is 57.2 Å². The van der Waals surface area contributed by atoms with E-state index < -0.39 is 71.8 Å². The minimum absolute atomic E-state index is 0.00489. The molecule has 4 rings (SSSR count). The molecule has 50 heavy (non-hydrogen) atoms. The van der Waals surface area contributed by atoms with Crippen molar-refractivity contribution < 1.29 is 73.7 Å². The van der Waals surface area contributed by atoms with Gasteiger partial charge in [-0.2, -0.15) is 26.3 Å². The second-order valence-corrected chi connectivity index (χ2v) is 9.58. The summed E-state index contributed by atoms with van der Waals surface area (Å²) in [5.41, 5.74) is -2.50. The molecule has 268 valence electrons. The van der Waals surface area contributed by atoms with Crippen LogP contribution in [-0.4, -0.2) is 59.7 Å². The Kier molecular flexibility index (Phi) is 12.5. The number of esters is 1. The highest BCUT2D eigenvalue weighted by Gasteiger charge is 2.35. The van der Waals surface area contributed by atoms with E-state index >= 15 is 0 Å². The van der Waals surface area contributed by atoms with Crippen LogP contribution < -0.4 is 20.1 Å². The number of halogens is 6. The second kappa shape index (κ2) is 16.3. The van der Waals surface area contributed by atoms with Crippen LogP contribution in [0.3, 0.4) is 0 Å². The minimum atomic E-state index is -4.66. The van der Waals surface area contributed by atoms with Gasteiger partial charge in [-0.3, -0.25) is 20.2 Å². The number of nitrogens with zero attached hydrogens (tertiary/aromatic N) is 2. The average molecular weight is 717 g/mol. The molecule has 14 nitrogen and oxygen atoms in total. The molecule has 0 aliphatic heterocycles. The van der Waals surface area contributed by atoms with E-state index in [0.29, 0.717) is 0 Å². The number of aromatic carboxylic acids is 1. The van der Waals surface area contributed by atoms with Crippen molar-refractivity contribution >= 4 is 35.8 Å². The molecule has 0 fully saturated rings. The molecule has 0 aliphatic rings. The van der Waals surface area contributed by atoms with Crippen LogP contribution in [0.1, 0.15) is 50.3 Å². The van der Waals surface area contributed by atoms with Gasteiger partial charge in [-0.05, 0) is 42.3 Å². The van der Waals surface area contributed by atoms with Crippen molar-refractivity contribution in [2.45, 2.75) is 32.1 Å². The van der Waals surface area contributed by atoms with Gasteiger partial charge >= 0.3 is 36.3 Å². The van der Waals surface area contributed by atoms with E-state index in [1.165, 1.54) is 26.4 Å². The lowest BCUT2D eigenvalue weighted by Gasteiger charge is -2.13. The molecule has 2 aromatic carbocycles. The van der Waals surface area contributed by atoms with E-state index in [0.717, 1.165) is 36.7 Å². The number of carboxylic acids is 1. The number of ether oxygens (including phenoxy) is 3. The quantitative estimate of drug-likeness (QED) is 0.128. The van der Waals surface area contributed by atoms with E-state index in [4.69, 9.17) is 28.2 Å². The fourth-order valence-corrected chi connectivity index (χ4v) is 3.93. The van der Waals surface area contributed by atoms with Crippen molar-refractivity contribution in [3.8, 4) is 11.5 Å². The number of benzene rings is 2. The number of alkyl halides is 6. The van der Waals surface area contributed by atoms with Crippen LogP contribution in [0.5, 0.6) is 11.5 Å².